The molecule has 0 saturated carbocycles. The van der Waals surface area contributed by atoms with E-state index in [4.69, 9.17) is 0 Å². The van der Waals surface area contributed by atoms with E-state index >= 15 is 0 Å². The average molecular weight is 469 g/mol. The Balaban J connectivity index is 0.00000243. The fourth-order valence-corrected chi connectivity index (χ4v) is 3.05. The van der Waals surface area contributed by atoms with Gasteiger partial charge in [-0.05, 0) is 12.5 Å². The second-order valence-corrected chi connectivity index (χ2v) is 6.37. The van der Waals surface area contributed by atoms with Gasteiger partial charge in [0.25, 0.3) is 0 Å². The lowest BCUT2D eigenvalue weighted by atomic mass is 10.2. The number of hydrogen-bond donors (Lipinski definition) is 1. The molecule has 1 N–H and O–H groups in total. The first-order valence-corrected chi connectivity index (χ1v) is 8.74. The number of hydrogen-bond acceptors (Lipinski definition) is 4. The summed E-state index contributed by atoms with van der Waals surface area (Å²) in [7, 11) is 3.82. The van der Waals surface area contributed by atoms with Crippen LogP contribution < -0.4 is 5.32 Å². The minimum absolute atomic E-state index is 0. The molecular weight excluding hydrogens is 441 g/mol. The molecule has 1 aromatic carbocycles. The first-order chi connectivity index (χ1) is 12.2. The average Bonchev–Trinajstić information content (AvgIpc) is 2.96. The molecule has 26 heavy (non-hydrogen) atoms. The van der Waals surface area contributed by atoms with Gasteiger partial charge in [0.2, 0.25) is 0 Å². The molecular formula is C18H28IN7. The maximum absolute atomic E-state index is 4.43. The Morgan fingerprint density at radius 1 is 1.12 bits per heavy atom. The van der Waals surface area contributed by atoms with Gasteiger partial charge < -0.3 is 14.8 Å². The number of aromatic nitrogens is 3. The van der Waals surface area contributed by atoms with E-state index in [-0.39, 0.29) is 24.0 Å². The van der Waals surface area contributed by atoms with E-state index in [9.17, 15) is 0 Å². The molecule has 0 atom stereocenters. The summed E-state index contributed by atoms with van der Waals surface area (Å²) in [5, 5.41) is 11.7. The van der Waals surface area contributed by atoms with Crippen molar-refractivity contribution >= 4 is 29.9 Å². The lowest BCUT2D eigenvalue weighted by Crippen LogP contribution is -2.52. The van der Waals surface area contributed by atoms with Crippen LogP contribution in [0.1, 0.15) is 17.2 Å². The van der Waals surface area contributed by atoms with E-state index in [2.05, 4.69) is 60.6 Å². The van der Waals surface area contributed by atoms with Crippen LogP contribution in [0.25, 0.3) is 0 Å². The lowest BCUT2D eigenvalue weighted by Gasteiger charge is -2.36. The molecule has 2 heterocycles. The third-order valence-corrected chi connectivity index (χ3v) is 4.72. The molecule has 0 unspecified atom stereocenters. The fourth-order valence-electron chi connectivity index (χ4n) is 3.05. The molecule has 3 rings (SSSR count). The summed E-state index contributed by atoms with van der Waals surface area (Å²) in [6, 6.07) is 10.7. The van der Waals surface area contributed by atoms with Crippen molar-refractivity contribution in [3.05, 3.63) is 47.5 Å². The Kier molecular flexibility index (Phi) is 7.83. The second-order valence-electron chi connectivity index (χ2n) is 6.37. The first kappa shape index (κ1) is 20.6. The maximum atomic E-state index is 4.43. The van der Waals surface area contributed by atoms with Crippen molar-refractivity contribution in [2.45, 2.75) is 20.0 Å². The number of benzene rings is 1. The topological polar surface area (TPSA) is 61.6 Å². The van der Waals surface area contributed by atoms with E-state index in [1.165, 1.54) is 5.56 Å². The van der Waals surface area contributed by atoms with Crippen LogP contribution in [0.15, 0.2) is 35.3 Å². The van der Waals surface area contributed by atoms with E-state index in [1.807, 2.05) is 25.6 Å². The summed E-state index contributed by atoms with van der Waals surface area (Å²) < 4.78 is 2.00. The van der Waals surface area contributed by atoms with Gasteiger partial charge in [0, 0.05) is 46.8 Å². The van der Waals surface area contributed by atoms with Crippen molar-refractivity contribution in [3.63, 3.8) is 0 Å². The number of nitrogens with one attached hydrogen (secondary N) is 1. The highest BCUT2D eigenvalue weighted by Crippen LogP contribution is 2.09. The Bertz CT molecular complexity index is 706. The second kappa shape index (κ2) is 9.86. The first-order valence-electron chi connectivity index (χ1n) is 8.74. The summed E-state index contributed by atoms with van der Waals surface area (Å²) in [4.78, 5) is 9.23. The van der Waals surface area contributed by atoms with Crippen LogP contribution in [0.4, 0.5) is 0 Å². The Labute approximate surface area is 172 Å². The van der Waals surface area contributed by atoms with Crippen molar-refractivity contribution in [1.29, 1.82) is 0 Å². The zero-order chi connectivity index (χ0) is 17.6. The van der Waals surface area contributed by atoms with Crippen molar-refractivity contribution in [1.82, 2.24) is 29.9 Å². The summed E-state index contributed by atoms with van der Waals surface area (Å²) in [5.74, 6) is 2.77. The summed E-state index contributed by atoms with van der Waals surface area (Å²) >= 11 is 0. The molecule has 1 aliphatic heterocycles. The number of aryl methyl sites for hydroxylation is 1. The Morgan fingerprint density at radius 3 is 2.38 bits per heavy atom. The molecule has 0 amide bonds. The van der Waals surface area contributed by atoms with Crippen LogP contribution in [0.3, 0.4) is 0 Å². The Morgan fingerprint density at radius 2 is 1.81 bits per heavy atom. The number of rotatable bonds is 4. The molecule has 7 nitrogen and oxygen atoms in total. The van der Waals surface area contributed by atoms with Crippen LogP contribution in [0, 0.1) is 6.92 Å². The number of nitrogens with zero attached hydrogens (tertiary/aromatic N) is 6. The summed E-state index contributed by atoms with van der Waals surface area (Å²) in [6.07, 6.45) is 0. The third-order valence-electron chi connectivity index (χ3n) is 4.72. The molecule has 8 heteroatoms. The van der Waals surface area contributed by atoms with Gasteiger partial charge in [-0.3, -0.25) is 9.89 Å². The van der Waals surface area contributed by atoms with Gasteiger partial charge in [-0.25, -0.2) is 0 Å². The van der Waals surface area contributed by atoms with E-state index in [1.54, 1.807) is 0 Å². The van der Waals surface area contributed by atoms with Crippen LogP contribution >= 0.6 is 24.0 Å². The number of piperazine rings is 1. The quantitative estimate of drug-likeness (QED) is 0.419. The van der Waals surface area contributed by atoms with Gasteiger partial charge in [-0.2, -0.15) is 0 Å². The van der Waals surface area contributed by atoms with Gasteiger partial charge in [0.15, 0.2) is 11.8 Å². The standard InChI is InChI=1S/C18H27N7.HI/c1-15-21-22-17(23(15)3)13-20-18(19-2)25-11-9-24(10-12-25)14-16-7-5-4-6-8-16;/h4-8H,9-14H2,1-3H3,(H,19,20);1H. The molecule has 0 spiro atoms. The smallest absolute Gasteiger partial charge is 0.194 e. The molecule has 0 bridgehead atoms. The Hall–Kier alpha value is -1.68. The molecule has 0 aliphatic carbocycles. The third kappa shape index (κ3) is 5.16. The molecule has 142 valence electrons. The van der Waals surface area contributed by atoms with Gasteiger partial charge in [-0.1, -0.05) is 30.3 Å². The largest absolute Gasteiger partial charge is 0.349 e. The van der Waals surface area contributed by atoms with Gasteiger partial charge in [-0.15, -0.1) is 34.2 Å². The van der Waals surface area contributed by atoms with Gasteiger partial charge in [0.05, 0.1) is 6.54 Å². The SMILES string of the molecule is CN=C(NCc1nnc(C)n1C)N1CCN(Cc2ccccc2)CC1.I. The van der Waals surface area contributed by atoms with Crippen LogP contribution in [0.2, 0.25) is 0 Å². The highest BCUT2D eigenvalue weighted by atomic mass is 127. The zero-order valence-corrected chi connectivity index (χ0v) is 18.1. The lowest BCUT2D eigenvalue weighted by molar-refractivity contribution is 0.172. The van der Waals surface area contributed by atoms with Crippen molar-refractivity contribution in [3.8, 4) is 0 Å². The predicted molar refractivity (Wildman–Crippen MR) is 115 cm³/mol. The summed E-state index contributed by atoms with van der Waals surface area (Å²) in [6.45, 7) is 7.64. The number of halogens is 1. The molecule has 1 saturated heterocycles. The minimum atomic E-state index is 0. The minimum Gasteiger partial charge on any atom is -0.349 e. The normalized spacial score (nSPS) is 15.7. The molecule has 1 aromatic heterocycles. The number of guanidine groups is 1. The van der Waals surface area contributed by atoms with Gasteiger partial charge in [0.1, 0.15) is 5.82 Å². The van der Waals surface area contributed by atoms with Crippen molar-refractivity contribution in [2.24, 2.45) is 12.0 Å². The highest BCUT2D eigenvalue weighted by molar-refractivity contribution is 14.0. The molecule has 1 aliphatic rings. The molecule has 0 radical (unpaired) electrons. The van der Waals surface area contributed by atoms with E-state index in [0.29, 0.717) is 6.54 Å². The predicted octanol–water partition coefficient (Wildman–Crippen LogP) is 1.63. The highest BCUT2D eigenvalue weighted by Gasteiger charge is 2.20. The van der Waals surface area contributed by atoms with E-state index in [0.717, 1.165) is 50.3 Å². The van der Waals surface area contributed by atoms with Crippen LogP contribution in [-0.4, -0.2) is 63.8 Å². The van der Waals surface area contributed by atoms with Crippen LogP contribution in [0.5, 0.6) is 0 Å². The van der Waals surface area contributed by atoms with Crippen molar-refractivity contribution < 1.29 is 0 Å². The molecule has 1 fully saturated rings. The zero-order valence-electron chi connectivity index (χ0n) is 15.7. The fraction of sp³-hybridized carbons (Fsp3) is 0.500. The van der Waals surface area contributed by atoms with Gasteiger partial charge >= 0.3 is 0 Å². The maximum Gasteiger partial charge on any atom is 0.194 e. The number of aliphatic imine (C=N–C) groups is 1. The molecule has 2 aromatic rings. The van der Waals surface area contributed by atoms with E-state index < -0.39 is 0 Å². The monoisotopic (exact) mass is 469 g/mol. The summed E-state index contributed by atoms with van der Waals surface area (Å²) in [5.41, 5.74) is 1.37. The van der Waals surface area contributed by atoms with Crippen LogP contribution in [-0.2, 0) is 20.1 Å². The van der Waals surface area contributed by atoms with Crippen molar-refractivity contribution in [2.75, 3.05) is 33.2 Å².